The van der Waals surface area contributed by atoms with Crippen LogP contribution < -0.4 is 0 Å². The maximum Gasteiger partial charge on any atom is 0.0541 e. The van der Waals surface area contributed by atoms with Crippen molar-refractivity contribution in [1.82, 2.24) is 9.13 Å². The summed E-state index contributed by atoms with van der Waals surface area (Å²) in [5.74, 6) is 1.08. The van der Waals surface area contributed by atoms with Crippen LogP contribution in [-0.2, 0) is 0 Å². The average molecular weight is 681 g/mol. The van der Waals surface area contributed by atoms with E-state index in [1.165, 1.54) is 77.2 Å². The van der Waals surface area contributed by atoms with E-state index in [-0.39, 0.29) is 5.41 Å². The quantitative estimate of drug-likeness (QED) is 0.175. The molecular weight excluding hydrogens is 641 g/mol. The highest BCUT2D eigenvalue weighted by molar-refractivity contribution is 6.13. The maximum atomic E-state index is 2.56. The summed E-state index contributed by atoms with van der Waals surface area (Å²) in [6, 6.07) is 51.5. The molecule has 2 heteroatoms. The molecule has 2 atom stereocenters. The lowest BCUT2D eigenvalue weighted by atomic mass is 9.73. The standard InChI is InChI=1S/C51H40N2/c1-51(2)44-20-10-6-17-38(44)39-27-26-36(32-45(39)51)52-47-22-12-8-18-40(47)42-30-34(24-28-49(42)52)35-25-29-50-43(31-35)41-19-9-13-23-48(41)53(50)46-21-11-7-16-37(46)33-14-4-3-5-15-33/h3-25,28-32,38,44H,26-27H2,1-2H3. The van der Waals surface area contributed by atoms with Crippen LogP contribution in [0.2, 0.25) is 0 Å². The van der Waals surface area contributed by atoms with Crippen LogP contribution in [0.15, 0.2) is 181 Å². The molecule has 11 rings (SSSR count). The Kier molecular flexibility index (Phi) is 6.58. The summed E-state index contributed by atoms with van der Waals surface area (Å²) < 4.78 is 5.00. The minimum Gasteiger partial charge on any atom is -0.313 e. The predicted molar refractivity (Wildman–Crippen MR) is 224 cm³/mol. The fourth-order valence-corrected chi connectivity index (χ4v) is 10.1. The number of allylic oxidation sites excluding steroid dienone is 8. The first-order chi connectivity index (χ1) is 26.1. The van der Waals surface area contributed by atoms with Gasteiger partial charge < -0.3 is 9.13 Å². The molecule has 2 heterocycles. The number of benzene rings is 6. The van der Waals surface area contributed by atoms with E-state index in [1.54, 1.807) is 11.1 Å². The molecule has 3 aliphatic carbocycles. The fraction of sp³-hybridized carbons (Fsp3) is 0.137. The molecule has 8 aromatic rings. The molecular formula is C51H40N2. The first-order valence-electron chi connectivity index (χ1n) is 19.1. The average Bonchev–Trinajstić information content (AvgIpc) is 3.80. The van der Waals surface area contributed by atoms with Crippen molar-refractivity contribution in [3.63, 3.8) is 0 Å². The first kappa shape index (κ1) is 30.5. The molecule has 0 N–H and O–H groups in total. The molecule has 3 aliphatic rings. The lowest BCUT2D eigenvalue weighted by Gasteiger charge is -2.31. The highest BCUT2D eigenvalue weighted by Crippen LogP contribution is 2.57. The summed E-state index contributed by atoms with van der Waals surface area (Å²) >= 11 is 0. The minimum absolute atomic E-state index is 0.115. The summed E-state index contributed by atoms with van der Waals surface area (Å²) in [5.41, 5.74) is 15.9. The highest BCUT2D eigenvalue weighted by Gasteiger charge is 2.46. The SMILES string of the molecule is CC1(C)C2=C(CCC(n3c4ccccc4c4cc(-c5ccc6c(c5)c5ccccc5n6-c5ccccc5-c5ccccc5)ccc43)=C2)C2C=CC=CC21. The predicted octanol–water partition coefficient (Wildman–Crippen LogP) is 13.6. The van der Waals surface area contributed by atoms with E-state index in [4.69, 9.17) is 0 Å². The van der Waals surface area contributed by atoms with E-state index < -0.39 is 0 Å². The summed E-state index contributed by atoms with van der Waals surface area (Å²) in [6.07, 6.45) is 14.1. The van der Waals surface area contributed by atoms with Crippen molar-refractivity contribution in [3.8, 4) is 27.9 Å². The van der Waals surface area contributed by atoms with Crippen molar-refractivity contribution in [1.29, 1.82) is 0 Å². The van der Waals surface area contributed by atoms with Gasteiger partial charge in [-0.25, -0.2) is 0 Å². The van der Waals surface area contributed by atoms with Gasteiger partial charge in [-0.3, -0.25) is 0 Å². The normalized spacial score (nSPS) is 19.0. The van der Waals surface area contributed by atoms with Gasteiger partial charge in [0.15, 0.2) is 0 Å². The molecule has 2 aromatic heterocycles. The summed E-state index contributed by atoms with van der Waals surface area (Å²) in [4.78, 5) is 0. The minimum atomic E-state index is 0.115. The van der Waals surface area contributed by atoms with Gasteiger partial charge in [-0.1, -0.05) is 141 Å². The molecule has 0 bridgehead atoms. The van der Waals surface area contributed by atoms with Gasteiger partial charge in [-0.15, -0.1) is 0 Å². The topological polar surface area (TPSA) is 9.86 Å². The summed E-state index contributed by atoms with van der Waals surface area (Å²) in [6.45, 7) is 4.90. The van der Waals surface area contributed by atoms with Crippen LogP contribution in [0.4, 0.5) is 0 Å². The monoisotopic (exact) mass is 680 g/mol. The molecule has 6 aromatic carbocycles. The number of aromatic nitrogens is 2. The van der Waals surface area contributed by atoms with Crippen LogP contribution in [0.1, 0.15) is 26.7 Å². The Hall–Kier alpha value is -6.12. The zero-order valence-corrected chi connectivity index (χ0v) is 30.1. The Bertz CT molecular complexity index is 2920. The van der Waals surface area contributed by atoms with Crippen molar-refractivity contribution >= 4 is 49.3 Å². The van der Waals surface area contributed by atoms with Crippen LogP contribution in [0.25, 0.3) is 77.2 Å². The van der Waals surface area contributed by atoms with Gasteiger partial charge in [0.05, 0.1) is 27.8 Å². The second-order valence-corrected chi connectivity index (χ2v) is 15.7. The fourth-order valence-electron chi connectivity index (χ4n) is 10.1. The van der Waals surface area contributed by atoms with Crippen molar-refractivity contribution in [2.45, 2.75) is 26.7 Å². The molecule has 0 aliphatic heterocycles. The summed E-state index contributed by atoms with van der Waals surface area (Å²) in [7, 11) is 0. The zero-order chi connectivity index (χ0) is 35.3. The van der Waals surface area contributed by atoms with E-state index in [9.17, 15) is 0 Å². The molecule has 2 nitrogen and oxygen atoms in total. The molecule has 0 saturated carbocycles. The van der Waals surface area contributed by atoms with Gasteiger partial charge in [0.2, 0.25) is 0 Å². The number of fused-ring (bicyclic) bond motifs is 8. The third kappa shape index (κ3) is 4.45. The number of para-hydroxylation sites is 3. The van der Waals surface area contributed by atoms with Gasteiger partial charge >= 0.3 is 0 Å². The van der Waals surface area contributed by atoms with Crippen molar-refractivity contribution in [2.24, 2.45) is 17.3 Å². The van der Waals surface area contributed by atoms with Crippen molar-refractivity contribution in [2.75, 3.05) is 0 Å². The van der Waals surface area contributed by atoms with Crippen LogP contribution in [-0.4, -0.2) is 9.13 Å². The molecule has 0 fully saturated rings. The Morgan fingerprint density at radius 3 is 1.83 bits per heavy atom. The van der Waals surface area contributed by atoms with Crippen molar-refractivity contribution < 1.29 is 0 Å². The Balaban J connectivity index is 1.06. The van der Waals surface area contributed by atoms with Gasteiger partial charge in [-0.2, -0.15) is 0 Å². The van der Waals surface area contributed by atoms with E-state index in [2.05, 4.69) is 193 Å². The Labute approximate surface area is 310 Å². The largest absolute Gasteiger partial charge is 0.313 e. The molecule has 0 spiro atoms. The maximum absolute atomic E-state index is 2.56. The number of nitrogens with zero attached hydrogens (tertiary/aromatic N) is 2. The Morgan fingerprint density at radius 2 is 1.09 bits per heavy atom. The number of hydrogen-bond donors (Lipinski definition) is 0. The van der Waals surface area contributed by atoms with E-state index in [0.717, 1.165) is 12.8 Å². The molecule has 53 heavy (non-hydrogen) atoms. The van der Waals surface area contributed by atoms with Gasteiger partial charge in [0.1, 0.15) is 0 Å². The van der Waals surface area contributed by atoms with Crippen LogP contribution >= 0.6 is 0 Å². The first-order valence-corrected chi connectivity index (χ1v) is 19.1. The van der Waals surface area contributed by atoms with E-state index in [1.807, 2.05) is 0 Å². The number of rotatable bonds is 4. The number of hydrogen-bond acceptors (Lipinski definition) is 0. The molecule has 2 unspecified atom stereocenters. The summed E-state index contributed by atoms with van der Waals surface area (Å²) in [5, 5.41) is 5.15. The third-order valence-corrected chi connectivity index (χ3v) is 12.6. The lowest BCUT2D eigenvalue weighted by Crippen LogP contribution is -2.23. The van der Waals surface area contributed by atoms with Crippen LogP contribution in [0, 0.1) is 17.3 Å². The second-order valence-electron chi connectivity index (χ2n) is 15.7. The van der Waals surface area contributed by atoms with Crippen molar-refractivity contribution in [3.05, 3.63) is 181 Å². The molecule has 0 radical (unpaired) electrons. The third-order valence-electron chi connectivity index (χ3n) is 12.6. The van der Waals surface area contributed by atoms with Gasteiger partial charge in [-0.05, 0) is 95.0 Å². The van der Waals surface area contributed by atoms with Gasteiger partial charge in [0, 0.05) is 38.7 Å². The molecule has 254 valence electrons. The Morgan fingerprint density at radius 1 is 0.509 bits per heavy atom. The molecule has 0 saturated heterocycles. The zero-order valence-electron chi connectivity index (χ0n) is 30.1. The lowest BCUT2D eigenvalue weighted by molar-refractivity contribution is 0.320. The van der Waals surface area contributed by atoms with E-state index in [0.29, 0.717) is 11.8 Å². The highest BCUT2D eigenvalue weighted by atomic mass is 15.0. The van der Waals surface area contributed by atoms with E-state index >= 15 is 0 Å². The van der Waals surface area contributed by atoms with Crippen LogP contribution in [0.3, 0.4) is 0 Å². The second kappa shape index (κ2) is 11.4. The smallest absolute Gasteiger partial charge is 0.0541 e. The van der Waals surface area contributed by atoms with Crippen LogP contribution in [0.5, 0.6) is 0 Å². The van der Waals surface area contributed by atoms with Gasteiger partial charge in [0.25, 0.3) is 0 Å². The molecule has 0 amide bonds.